The van der Waals surface area contributed by atoms with Gasteiger partial charge in [-0.2, -0.15) is 0 Å². The van der Waals surface area contributed by atoms with Crippen LogP contribution in [0.2, 0.25) is 5.02 Å². The van der Waals surface area contributed by atoms with E-state index in [9.17, 15) is 13.2 Å². The second-order valence-electron chi connectivity index (χ2n) is 6.32. The second-order valence-corrected chi connectivity index (χ2v) is 9.59. The minimum absolute atomic E-state index is 0.0347. The summed E-state index contributed by atoms with van der Waals surface area (Å²) in [6.45, 7) is 1.75. The lowest BCUT2D eigenvalue weighted by molar-refractivity contribution is 0.102. The van der Waals surface area contributed by atoms with Gasteiger partial charge in [0.1, 0.15) is 18.1 Å². The van der Waals surface area contributed by atoms with Crippen molar-refractivity contribution in [3.63, 3.8) is 0 Å². The van der Waals surface area contributed by atoms with E-state index in [1.807, 2.05) is 0 Å². The molecule has 1 aromatic heterocycles. The number of nitrogens with one attached hydrogen (secondary N) is 2. The molecule has 0 aliphatic carbocycles. The fourth-order valence-electron chi connectivity index (χ4n) is 2.42. The Labute approximate surface area is 188 Å². The summed E-state index contributed by atoms with van der Waals surface area (Å²) in [6, 6.07) is 12.9. The summed E-state index contributed by atoms with van der Waals surface area (Å²) < 4.78 is 38.0. The molecule has 31 heavy (non-hydrogen) atoms. The highest BCUT2D eigenvalue weighted by atomic mass is 35.5. The molecule has 0 aliphatic rings. The smallest absolute Gasteiger partial charge is 0.270 e. The van der Waals surface area contributed by atoms with Gasteiger partial charge in [0, 0.05) is 0 Å². The fraction of sp³-hybridized carbons (Fsp3) is 0.211. The second kappa shape index (κ2) is 10.1. The Morgan fingerprint density at radius 1 is 1.13 bits per heavy atom. The Morgan fingerprint density at radius 2 is 1.81 bits per heavy atom. The molecule has 9 nitrogen and oxygen atoms in total. The summed E-state index contributed by atoms with van der Waals surface area (Å²) in [5.74, 6) is 0.752. The van der Waals surface area contributed by atoms with E-state index in [2.05, 4.69) is 20.2 Å². The molecule has 0 radical (unpaired) electrons. The van der Waals surface area contributed by atoms with E-state index in [1.165, 1.54) is 0 Å². The number of carbonyl (C=O) groups is 1. The Hall–Kier alpha value is -2.73. The molecule has 1 atom stereocenters. The number of hydrogen-bond acceptors (Lipinski definition) is 8. The van der Waals surface area contributed by atoms with Gasteiger partial charge in [0.05, 0.1) is 23.7 Å². The summed E-state index contributed by atoms with van der Waals surface area (Å²) in [6.07, 6.45) is 0. The number of aromatic nitrogens is 2. The van der Waals surface area contributed by atoms with Crippen molar-refractivity contribution in [2.75, 3.05) is 19.0 Å². The van der Waals surface area contributed by atoms with Crippen molar-refractivity contribution >= 4 is 44.0 Å². The molecule has 3 aromatic rings. The van der Waals surface area contributed by atoms with E-state index in [4.69, 9.17) is 21.1 Å². The minimum atomic E-state index is -3.94. The molecule has 2 N–H and O–H groups in total. The van der Waals surface area contributed by atoms with Crippen LogP contribution in [-0.2, 0) is 10.0 Å². The van der Waals surface area contributed by atoms with Crippen LogP contribution in [0, 0.1) is 0 Å². The highest BCUT2D eigenvalue weighted by molar-refractivity contribution is 7.91. The molecule has 0 saturated carbocycles. The zero-order valence-electron chi connectivity index (χ0n) is 16.5. The Morgan fingerprint density at radius 3 is 2.48 bits per heavy atom. The van der Waals surface area contributed by atoms with Crippen LogP contribution in [0.4, 0.5) is 5.13 Å². The van der Waals surface area contributed by atoms with Gasteiger partial charge >= 0.3 is 0 Å². The molecule has 2 aromatic carbocycles. The molecule has 3 rings (SSSR count). The first-order valence-corrected chi connectivity index (χ1v) is 11.6. The van der Waals surface area contributed by atoms with E-state index in [0.29, 0.717) is 11.5 Å². The van der Waals surface area contributed by atoms with Gasteiger partial charge in [-0.1, -0.05) is 35.1 Å². The third-order valence-electron chi connectivity index (χ3n) is 3.89. The van der Waals surface area contributed by atoms with Gasteiger partial charge < -0.3 is 9.47 Å². The molecule has 0 bridgehead atoms. The number of halogens is 1. The summed E-state index contributed by atoms with van der Waals surface area (Å²) in [5, 5.41) is 10.2. The Kier molecular flexibility index (Phi) is 7.44. The van der Waals surface area contributed by atoms with Crippen molar-refractivity contribution in [3.05, 3.63) is 59.1 Å². The van der Waals surface area contributed by atoms with Crippen LogP contribution in [0.1, 0.15) is 17.3 Å². The van der Waals surface area contributed by atoms with Crippen LogP contribution < -0.4 is 19.5 Å². The quantitative estimate of drug-likeness (QED) is 0.449. The standard InChI is InChI=1S/C19H19ClN4O5S2/c1-12(11-29-14-9-7-13(28-2)8-10-14)24-31(26,27)19-23-22-18(30-19)21-17(25)15-5-3-4-6-16(15)20/h3-10,12,24H,11H2,1-2H3,(H,21,22,25)/t12-/m0/s1. The highest BCUT2D eigenvalue weighted by Gasteiger charge is 2.24. The lowest BCUT2D eigenvalue weighted by Crippen LogP contribution is -2.36. The maximum Gasteiger partial charge on any atom is 0.270 e. The molecule has 1 amide bonds. The number of sulfonamides is 1. The third-order valence-corrected chi connectivity index (χ3v) is 7.02. The molecule has 12 heteroatoms. The van der Waals surface area contributed by atoms with Crippen molar-refractivity contribution < 1.29 is 22.7 Å². The number of anilines is 1. The lowest BCUT2D eigenvalue weighted by atomic mass is 10.2. The predicted molar refractivity (Wildman–Crippen MR) is 118 cm³/mol. The molecule has 0 fully saturated rings. The molecule has 0 aliphatic heterocycles. The largest absolute Gasteiger partial charge is 0.497 e. The SMILES string of the molecule is COc1ccc(OC[C@H](C)NS(=O)(=O)c2nnc(NC(=O)c3ccccc3Cl)s2)cc1. The number of carbonyl (C=O) groups excluding carboxylic acids is 1. The lowest BCUT2D eigenvalue weighted by Gasteiger charge is -2.14. The van der Waals surface area contributed by atoms with Crippen LogP contribution in [0.3, 0.4) is 0 Å². The van der Waals surface area contributed by atoms with Crippen LogP contribution in [-0.4, -0.2) is 44.3 Å². The molecular weight excluding hydrogens is 464 g/mol. The van der Waals surface area contributed by atoms with Crippen LogP contribution in [0.15, 0.2) is 52.9 Å². The number of nitrogens with zero attached hydrogens (tertiary/aromatic N) is 2. The zero-order chi connectivity index (χ0) is 22.4. The number of ether oxygens (including phenoxy) is 2. The molecule has 1 heterocycles. The fourth-order valence-corrected chi connectivity index (χ4v) is 4.78. The third kappa shape index (κ3) is 6.14. The molecule has 0 saturated heterocycles. The molecule has 164 valence electrons. The van der Waals surface area contributed by atoms with Gasteiger partial charge in [0.2, 0.25) is 9.47 Å². The van der Waals surface area contributed by atoms with Crippen molar-refractivity contribution in [2.45, 2.75) is 17.3 Å². The number of methoxy groups -OCH3 is 1. The van der Waals surface area contributed by atoms with Crippen LogP contribution >= 0.6 is 22.9 Å². The van der Waals surface area contributed by atoms with Gasteiger partial charge in [0.15, 0.2) is 0 Å². The maximum absolute atomic E-state index is 12.6. The van der Waals surface area contributed by atoms with E-state index in [1.54, 1.807) is 62.6 Å². The van der Waals surface area contributed by atoms with Crippen molar-refractivity contribution in [1.82, 2.24) is 14.9 Å². The normalized spacial score (nSPS) is 12.2. The first-order chi connectivity index (χ1) is 14.8. The summed E-state index contributed by atoms with van der Waals surface area (Å²) >= 11 is 6.72. The van der Waals surface area contributed by atoms with E-state index < -0.39 is 22.0 Å². The molecule has 0 spiro atoms. The average molecular weight is 483 g/mol. The summed E-state index contributed by atoms with van der Waals surface area (Å²) in [4.78, 5) is 12.3. The first-order valence-electron chi connectivity index (χ1n) is 8.97. The van der Waals surface area contributed by atoms with Crippen molar-refractivity contribution in [2.24, 2.45) is 0 Å². The zero-order valence-corrected chi connectivity index (χ0v) is 18.9. The molecular formula is C19H19ClN4O5S2. The number of hydrogen-bond donors (Lipinski definition) is 2. The number of rotatable bonds is 9. The maximum atomic E-state index is 12.6. The van der Waals surface area contributed by atoms with Crippen LogP contribution in [0.5, 0.6) is 11.5 Å². The van der Waals surface area contributed by atoms with Gasteiger partial charge in [-0.05, 0) is 43.3 Å². The molecule has 0 unspecified atom stereocenters. The van der Waals surface area contributed by atoms with Crippen molar-refractivity contribution in [3.8, 4) is 11.5 Å². The van der Waals surface area contributed by atoms with E-state index in [0.717, 1.165) is 11.3 Å². The Balaban J connectivity index is 1.58. The predicted octanol–water partition coefficient (Wildman–Crippen LogP) is 3.20. The summed E-state index contributed by atoms with van der Waals surface area (Å²) in [7, 11) is -2.38. The van der Waals surface area contributed by atoms with Crippen LogP contribution in [0.25, 0.3) is 0 Å². The van der Waals surface area contributed by atoms with Gasteiger partial charge in [-0.25, -0.2) is 13.1 Å². The van der Waals surface area contributed by atoms with Gasteiger partial charge in [-0.3, -0.25) is 10.1 Å². The number of benzene rings is 2. The highest BCUT2D eigenvalue weighted by Crippen LogP contribution is 2.23. The Bertz CT molecular complexity index is 1150. The minimum Gasteiger partial charge on any atom is -0.497 e. The first kappa shape index (κ1) is 22.9. The van der Waals surface area contributed by atoms with Crippen molar-refractivity contribution in [1.29, 1.82) is 0 Å². The topological polar surface area (TPSA) is 120 Å². The monoisotopic (exact) mass is 482 g/mol. The number of amides is 1. The van der Waals surface area contributed by atoms with Gasteiger partial charge in [-0.15, -0.1) is 10.2 Å². The van der Waals surface area contributed by atoms with Gasteiger partial charge in [0.25, 0.3) is 15.9 Å². The van der Waals surface area contributed by atoms with E-state index in [-0.39, 0.29) is 26.7 Å². The summed E-state index contributed by atoms with van der Waals surface area (Å²) in [5.41, 5.74) is 0.242. The van der Waals surface area contributed by atoms with E-state index >= 15 is 0 Å². The average Bonchev–Trinajstić information content (AvgIpc) is 3.22.